The van der Waals surface area contributed by atoms with Crippen molar-refractivity contribution in [3.05, 3.63) is 92.5 Å². The number of fused-ring (bicyclic) bond motifs is 1. The summed E-state index contributed by atoms with van der Waals surface area (Å²) in [5.41, 5.74) is 2.53. The minimum Gasteiger partial charge on any atom is -0.481 e. The van der Waals surface area contributed by atoms with Crippen LogP contribution in [0, 0.1) is 0 Å². The molecule has 1 fully saturated rings. The van der Waals surface area contributed by atoms with Crippen LogP contribution in [0.5, 0.6) is 5.88 Å². The molecule has 0 spiro atoms. The molecule has 1 aliphatic heterocycles. The van der Waals surface area contributed by atoms with Gasteiger partial charge >= 0.3 is 0 Å². The van der Waals surface area contributed by atoms with Crippen molar-refractivity contribution in [1.29, 1.82) is 0 Å². The van der Waals surface area contributed by atoms with Gasteiger partial charge in [-0.25, -0.2) is 23.4 Å². The second-order valence-corrected chi connectivity index (χ2v) is 11.7. The number of anilines is 2. The summed E-state index contributed by atoms with van der Waals surface area (Å²) >= 11 is 13.9. The largest absolute Gasteiger partial charge is 0.481 e. The zero-order valence-corrected chi connectivity index (χ0v) is 26.8. The van der Waals surface area contributed by atoms with E-state index in [0.29, 0.717) is 58.5 Å². The first-order chi connectivity index (χ1) is 22.6. The van der Waals surface area contributed by atoms with Crippen LogP contribution in [0.15, 0.2) is 65.6 Å². The molecule has 3 N–H and O–H groups in total. The van der Waals surface area contributed by atoms with Crippen molar-refractivity contribution >= 4 is 51.4 Å². The molecule has 10 nitrogen and oxygen atoms in total. The van der Waals surface area contributed by atoms with Gasteiger partial charge in [0, 0.05) is 60.2 Å². The van der Waals surface area contributed by atoms with E-state index in [0.717, 1.165) is 22.7 Å². The van der Waals surface area contributed by atoms with Crippen LogP contribution in [0.3, 0.4) is 0 Å². The van der Waals surface area contributed by atoms with Gasteiger partial charge in [-0.3, -0.25) is 9.59 Å². The number of hydrogen-bond acceptors (Lipinski definition) is 8. The van der Waals surface area contributed by atoms with Gasteiger partial charge < -0.3 is 20.7 Å². The molecule has 6 rings (SSSR count). The van der Waals surface area contributed by atoms with Gasteiger partial charge in [-0.2, -0.15) is 5.10 Å². The molecule has 0 radical (unpaired) electrons. The van der Waals surface area contributed by atoms with E-state index in [1.54, 1.807) is 31.4 Å². The molecule has 3 aromatic heterocycles. The number of nitrogens with one attached hydrogen (secondary N) is 3. The Labute approximate surface area is 278 Å². The number of aryl methyl sites for hydroxylation is 1. The first-order valence-corrected chi connectivity index (χ1v) is 15.4. The van der Waals surface area contributed by atoms with Crippen LogP contribution in [0.1, 0.15) is 30.5 Å². The molecule has 0 bridgehead atoms. The summed E-state index contributed by atoms with van der Waals surface area (Å²) in [4.78, 5) is 33.2. The minimum absolute atomic E-state index is 0.0684. The third-order valence-electron chi connectivity index (χ3n) is 7.91. The second-order valence-electron chi connectivity index (χ2n) is 11.0. The smallest absolute Gasteiger partial charge is 0.280 e. The van der Waals surface area contributed by atoms with E-state index in [-0.39, 0.29) is 33.6 Å². The van der Waals surface area contributed by atoms with E-state index in [1.807, 2.05) is 24.3 Å². The Kier molecular flexibility index (Phi) is 9.35. The summed E-state index contributed by atoms with van der Waals surface area (Å²) in [6, 6.07) is 15.6. The van der Waals surface area contributed by atoms with E-state index >= 15 is 0 Å². The van der Waals surface area contributed by atoms with Crippen molar-refractivity contribution in [1.82, 2.24) is 30.4 Å². The number of alkyl halides is 2. The van der Waals surface area contributed by atoms with Crippen LogP contribution < -0.4 is 26.2 Å². The molecule has 4 heterocycles. The maximum Gasteiger partial charge on any atom is 0.280 e. The lowest BCUT2D eigenvalue weighted by Gasteiger charge is -2.16. The van der Waals surface area contributed by atoms with Gasteiger partial charge in [0.25, 0.3) is 12.0 Å². The molecule has 1 atom stereocenters. The van der Waals surface area contributed by atoms with Gasteiger partial charge in [0.1, 0.15) is 11.5 Å². The van der Waals surface area contributed by atoms with Gasteiger partial charge in [-0.1, -0.05) is 59.6 Å². The molecule has 0 aliphatic carbocycles. The highest BCUT2D eigenvalue weighted by atomic mass is 35.5. The topological polar surface area (TPSA) is 123 Å². The molecule has 14 heteroatoms. The van der Waals surface area contributed by atoms with E-state index in [4.69, 9.17) is 32.9 Å². The first-order valence-electron chi connectivity index (χ1n) is 14.7. The average molecular weight is 681 g/mol. The first kappa shape index (κ1) is 32.3. The van der Waals surface area contributed by atoms with Gasteiger partial charge in [0.05, 0.1) is 40.1 Å². The summed E-state index contributed by atoms with van der Waals surface area (Å²) in [5, 5.41) is 14.2. The maximum absolute atomic E-state index is 13.7. The highest BCUT2D eigenvalue weighted by Crippen LogP contribution is 2.42. The van der Waals surface area contributed by atoms with Crippen molar-refractivity contribution in [2.75, 3.05) is 19.0 Å². The lowest BCUT2D eigenvalue weighted by atomic mass is 10.00. The van der Waals surface area contributed by atoms with Gasteiger partial charge in [-0.15, -0.1) is 0 Å². The quantitative estimate of drug-likeness (QED) is 0.155. The Morgan fingerprint density at radius 1 is 1.04 bits per heavy atom. The summed E-state index contributed by atoms with van der Waals surface area (Å²) < 4.78 is 34.1. The number of hydrogen-bond donors (Lipinski definition) is 3. The molecular formula is C33H29Cl2F2N7O3. The zero-order valence-electron chi connectivity index (χ0n) is 25.3. The third kappa shape index (κ3) is 6.62. The SMILES string of the molecule is COc1nc(-c2cccc(-c3cccc(Nc4nc(C(F)F)cc5cnn(C)c(=O)c45)c3Cl)c2Cl)ccc1CNCC1CCC(=O)N1. The lowest BCUT2D eigenvalue weighted by molar-refractivity contribution is -0.119. The number of ether oxygens (including phenoxy) is 1. The number of halogens is 4. The molecule has 0 saturated carbocycles. The Morgan fingerprint density at radius 3 is 2.51 bits per heavy atom. The predicted molar refractivity (Wildman–Crippen MR) is 178 cm³/mol. The van der Waals surface area contributed by atoms with Crippen LogP contribution in [-0.4, -0.2) is 45.4 Å². The lowest BCUT2D eigenvalue weighted by Crippen LogP contribution is -2.35. The Morgan fingerprint density at radius 2 is 1.79 bits per heavy atom. The second kappa shape index (κ2) is 13.6. The van der Waals surface area contributed by atoms with Crippen molar-refractivity contribution in [2.45, 2.75) is 31.9 Å². The van der Waals surface area contributed by atoms with Gasteiger partial charge in [0.15, 0.2) is 0 Å². The Bertz CT molecular complexity index is 2060. The zero-order chi connectivity index (χ0) is 33.2. The Hall–Kier alpha value is -4.65. The molecule has 1 saturated heterocycles. The molecule has 1 aliphatic rings. The minimum atomic E-state index is -2.87. The molecule has 242 valence electrons. The van der Waals surface area contributed by atoms with Crippen molar-refractivity contribution in [3.8, 4) is 28.3 Å². The fraction of sp³-hybridized carbons (Fsp3) is 0.242. The number of methoxy groups -OCH3 is 1. The average Bonchev–Trinajstić information content (AvgIpc) is 3.48. The molecule has 2 aromatic carbocycles. The van der Waals surface area contributed by atoms with Crippen LogP contribution in [-0.2, 0) is 18.4 Å². The summed E-state index contributed by atoms with van der Waals surface area (Å²) in [5.74, 6) is 0.431. The van der Waals surface area contributed by atoms with E-state index in [9.17, 15) is 18.4 Å². The van der Waals surface area contributed by atoms with Crippen molar-refractivity contribution in [2.24, 2.45) is 7.05 Å². The summed E-state index contributed by atoms with van der Waals surface area (Å²) in [7, 11) is 3.01. The van der Waals surface area contributed by atoms with Crippen molar-refractivity contribution in [3.63, 3.8) is 0 Å². The molecule has 47 heavy (non-hydrogen) atoms. The van der Waals surface area contributed by atoms with Gasteiger partial charge in [0.2, 0.25) is 11.8 Å². The van der Waals surface area contributed by atoms with Crippen LogP contribution in [0.2, 0.25) is 10.0 Å². The number of carbonyl (C=O) groups excluding carboxylic acids is 1. The summed E-state index contributed by atoms with van der Waals surface area (Å²) in [6.45, 7) is 1.13. The molecular weight excluding hydrogens is 651 g/mol. The normalized spacial score (nSPS) is 14.5. The monoisotopic (exact) mass is 679 g/mol. The summed E-state index contributed by atoms with van der Waals surface area (Å²) in [6.07, 6.45) is -0.191. The predicted octanol–water partition coefficient (Wildman–Crippen LogP) is 6.42. The van der Waals surface area contributed by atoms with Crippen molar-refractivity contribution < 1.29 is 18.3 Å². The fourth-order valence-electron chi connectivity index (χ4n) is 5.52. The number of benzene rings is 2. The highest BCUT2D eigenvalue weighted by molar-refractivity contribution is 6.39. The number of nitrogens with zero attached hydrogens (tertiary/aromatic N) is 4. The molecule has 5 aromatic rings. The number of aromatic nitrogens is 4. The fourth-order valence-corrected chi connectivity index (χ4v) is 6.12. The number of carbonyl (C=O) groups is 1. The number of pyridine rings is 2. The standard InChI is InChI=1S/C33H29Cl2F2N7O3/c1-44-33(46)27-18(15-39-44)13-25(30(36)37)42-31(27)41-24-8-4-6-21(29(24)35)20-5-3-7-22(28(20)34)23-11-9-17(32(43-23)47-2)14-38-16-19-10-12-26(45)40-19/h3-9,11,13,15,19,30,38H,10,12,14,16H2,1-2H3,(H,40,45)(H,41,42). The number of amides is 1. The van der Waals surface area contributed by atoms with E-state index in [2.05, 4.69) is 26.0 Å². The van der Waals surface area contributed by atoms with Crippen LogP contribution >= 0.6 is 23.2 Å². The van der Waals surface area contributed by atoms with E-state index in [1.165, 1.54) is 13.2 Å². The van der Waals surface area contributed by atoms with Gasteiger partial charge in [-0.05, 0) is 24.6 Å². The maximum atomic E-state index is 13.7. The molecule has 1 amide bonds. The number of rotatable bonds is 10. The van der Waals surface area contributed by atoms with E-state index < -0.39 is 17.7 Å². The Balaban J connectivity index is 1.31. The van der Waals surface area contributed by atoms with Crippen LogP contribution in [0.4, 0.5) is 20.3 Å². The third-order valence-corrected chi connectivity index (χ3v) is 8.73. The highest BCUT2D eigenvalue weighted by Gasteiger charge is 2.22. The van der Waals surface area contributed by atoms with Crippen LogP contribution in [0.25, 0.3) is 33.2 Å². The molecule has 1 unspecified atom stereocenters.